The Hall–Kier alpha value is -3.72. The molecular formula is C38H30Cl2N2. The summed E-state index contributed by atoms with van der Waals surface area (Å²) in [6, 6.07) is 26.8. The van der Waals surface area contributed by atoms with Gasteiger partial charge in [0.15, 0.2) is 0 Å². The Morgan fingerprint density at radius 3 is 1.24 bits per heavy atom. The van der Waals surface area contributed by atoms with Crippen molar-refractivity contribution in [2.75, 3.05) is 0 Å². The number of halogens is 2. The fraction of sp³-hybridized carbons (Fsp3) is 0.211. The van der Waals surface area contributed by atoms with Crippen LogP contribution in [0.15, 0.2) is 72.8 Å². The van der Waals surface area contributed by atoms with Crippen LogP contribution in [-0.2, 0) is 10.8 Å². The van der Waals surface area contributed by atoms with Crippen LogP contribution < -0.4 is 0 Å². The molecule has 4 aromatic heterocycles. The summed E-state index contributed by atoms with van der Waals surface area (Å²) in [5.74, 6) is 0. The van der Waals surface area contributed by atoms with Gasteiger partial charge in [0, 0.05) is 43.1 Å². The van der Waals surface area contributed by atoms with E-state index in [0.29, 0.717) is 0 Å². The Balaban J connectivity index is 1.59. The van der Waals surface area contributed by atoms with Crippen LogP contribution in [0.4, 0.5) is 0 Å². The average Bonchev–Trinajstić information content (AvgIpc) is 3.64. The van der Waals surface area contributed by atoms with Crippen molar-refractivity contribution in [2.45, 2.75) is 52.4 Å². The fourth-order valence-corrected chi connectivity index (χ4v) is 8.32. The Morgan fingerprint density at radius 2 is 0.857 bits per heavy atom. The van der Waals surface area contributed by atoms with Crippen LogP contribution in [0.2, 0.25) is 10.0 Å². The molecule has 0 fully saturated rings. The summed E-state index contributed by atoms with van der Waals surface area (Å²) >= 11 is 14.0. The van der Waals surface area contributed by atoms with Crippen LogP contribution in [0.1, 0.15) is 52.7 Å². The van der Waals surface area contributed by atoms with Gasteiger partial charge in [0.1, 0.15) is 0 Å². The Bertz CT molecular complexity index is 2420. The Kier molecular flexibility index (Phi) is 4.50. The van der Waals surface area contributed by atoms with Crippen molar-refractivity contribution >= 4 is 99.4 Å². The predicted molar refractivity (Wildman–Crippen MR) is 183 cm³/mol. The van der Waals surface area contributed by atoms with Gasteiger partial charge in [-0.1, -0.05) is 113 Å². The molecule has 206 valence electrons. The zero-order chi connectivity index (χ0) is 29.0. The number of rotatable bonds is 0. The maximum absolute atomic E-state index is 6.98. The lowest BCUT2D eigenvalue weighted by molar-refractivity contribution is 0.594. The maximum atomic E-state index is 6.98. The minimum absolute atomic E-state index is 0.0253. The Morgan fingerprint density at radius 1 is 0.452 bits per heavy atom. The van der Waals surface area contributed by atoms with Crippen LogP contribution in [0.25, 0.3) is 76.2 Å². The van der Waals surface area contributed by atoms with E-state index >= 15 is 0 Å². The molecule has 0 radical (unpaired) electrons. The number of fused-ring (bicyclic) bond motifs is 12. The van der Waals surface area contributed by atoms with Gasteiger partial charge in [-0.2, -0.15) is 0 Å². The van der Waals surface area contributed by atoms with E-state index < -0.39 is 0 Å². The largest absolute Gasteiger partial charge is 0.308 e. The van der Waals surface area contributed by atoms with E-state index in [1.165, 1.54) is 76.5 Å². The third-order valence-electron chi connectivity index (χ3n) is 9.55. The molecule has 0 aliphatic carbocycles. The van der Waals surface area contributed by atoms with E-state index in [1.54, 1.807) is 0 Å². The summed E-state index contributed by atoms with van der Waals surface area (Å²) in [4.78, 5) is 0. The van der Waals surface area contributed by atoms with Crippen molar-refractivity contribution in [3.05, 3.63) is 94.0 Å². The summed E-state index contributed by atoms with van der Waals surface area (Å²) in [5, 5.41) is 11.3. The zero-order valence-electron chi connectivity index (χ0n) is 24.6. The number of hydrogen-bond acceptors (Lipinski definition) is 0. The normalized spacial score (nSPS) is 13.7. The smallest absolute Gasteiger partial charge is 0.0635 e. The fourth-order valence-electron chi connectivity index (χ4n) is 7.81. The predicted octanol–water partition coefficient (Wildman–Crippen LogP) is 11.9. The van der Waals surface area contributed by atoms with Gasteiger partial charge in [-0.25, -0.2) is 0 Å². The lowest BCUT2D eigenvalue weighted by Gasteiger charge is -2.21. The molecule has 4 heteroatoms. The second-order valence-corrected chi connectivity index (χ2v) is 14.9. The van der Waals surface area contributed by atoms with Crippen molar-refractivity contribution in [2.24, 2.45) is 0 Å². The van der Waals surface area contributed by atoms with Crippen LogP contribution in [0.5, 0.6) is 0 Å². The standard InChI is InChI=1S/C38H30Cl2N2/c1-37(2,3)25-11-7-9-21-31-27(39)15-13-19-23-18-30-24(17-29(23)41(33(21)25)35(19)31)20-14-16-28(40)32-22-10-8-12-26(38(4,5)6)34(22)42(30)36(20)32/h7-18H,1-6H3. The van der Waals surface area contributed by atoms with Gasteiger partial charge in [-0.15, -0.1) is 0 Å². The average molecular weight is 586 g/mol. The molecule has 0 aliphatic rings. The number of aromatic nitrogens is 2. The summed E-state index contributed by atoms with van der Waals surface area (Å²) in [6.07, 6.45) is 0. The summed E-state index contributed by atoms with van der Waals surface area (Å²) in [5.41, 5.74) is 9.98. The highest BCUT2D eigenvalue weighted by atomic mass is 35.5. The SMILES string of the molecule is CC(C)(C)c1cccc2c3c(Cl)ccc4c5cc6c(cc5n(c12)c43)c1ccc(Cl)c2c3cccc(C(C)(C)C)c3n6c12. The van der Waals surface area contributed by atoms with E-state index in [4.69, 9.17) is 23.2 Å². The van der Waals surface area contributed by atoms with Crippen molar-refractivity contribution in [1.82, 2.24) is 8.80 Å². The molecule has 42 heavy (non-hydrogen) atoms. The molecule has 2 nitrogen and oxygen atoms in total. The first kappa shape index (κ1) is 24.8. The minimum atomic E-state index is -0.0253. The van der Waals surface area contributed by atoms with Gasteiger partial charge in [0.25, 0.3) is 0 Å². The molecule has 0 aliphatic heterocycles. The number of nitrogens with zero attached hydrogens (tertiary/aromatic N) is 2. The highest BCUT2D eigenvalue weighted by Gasteiger charge is 2.28. The molecule has 0 bridgehead atoms. The minimum Gasteiger partial charge on any atom is -0.308 e. The lowest BCUT2D eigenvalue weighted by atomic mass is 9.85. The van der Waals surface area contributed by atoms with Gasteiger partial charge >= 0.3 is 0 Å². The van der Waals surface area contributed by atoms with E-state index in [1.807, 2.05) is 0 Å². The van der Waals surface area contributed by atoms with Gasteiger partial charge in [-0.3, -0.25) is 0 Å². The zero-order valence-corrected chi connectivity index (χ0v) is 26.1. The first-order chi connectivity index (χ1) is 20.0. The second-order valence-electron chi connectivity index (χ2n) is 14.1. The molecule has 0 spiro atoms. The first-order valence-corrected chi connectivity index (χ1v) is 15.4. The monoisotopic (exact) mass is 584 g/mol. The first-order valence-electron chi connectivity index (χ1n) is 14.7. The van der Waals surface area contributed by atoms with Gasteiger partial charge in [0.05, 0.1) is 43.1 Å². The van der Waals surface area contributed by atoms with Crippen LogP contribution in [0, 0.1) is 0 Å². The van der Waals surface area contributed by atoms with Gasteiger partial charge < -0.3 is 8.80 Å². The number of benzene rings is 5. The van der Waals surface area contributed by atoms with E-state index in [0.717, 1.165) is 20.8 Å². The molecule has 0 unspecified atom stereocenters. The van der Waals surface area contributed by atoms with Crippen LogP contribution >= 0.6 is 23.2 Å². The van der Waals surface area contributed by atoms with Gasteiger partial charge in [-0.05, 0) is 46.2 Å². The molecule has 0 atom stereocenters. The molecule has 5 aromatic carbocycles. The molecule has 9 rings (SSSR count). The highest BCUT2D eigenvalue weighted by Crippen LogP contribution is 2.49. The quantitative estimate of drug-likeness (QED) is 0.167. The lowest BCUT2D eigenvalue weighted by Crippen LogP contribution is -2.12. The molecule has 0 amide bonds. The molecular weight excluding hydrogens is 555 g/mol. The van der Waals surface area contributed by atoms with Crippen LogP contribution in [-0.4, -0.2) is 8.80 Å². The molecule has 9 aromatic rings. The van der Waals surface area contributed by atoms with E-state index in [9.17, 15) is 0 Å². The summed E-state index contributed by atoms with van der Waals surface area (Å²) in [6.45, 7) is 13.8. The van der Waals surface area contributed by atoms with Gasteiger partial charge in [0.2, 0.25) is 0 Å². The van der Waals surface area contributed by atoms with Crippen molar-refractivity contribution in [3.8, 4) is 0 Å². The van der Waals surface area contributed by atoms with E-state index in [2.05, 4.69) is 123 Å². The van der Waals surface area contributed by atoms with Crippen LogP contribution in [0.3, 0.4) is 0 Å². The third-order valence-corrected chi connectivity index (χ3v) is 10.2. The third kappa shape index (κ3) is 2.83. The molecule has 0 N–H and O–H groups in total. The maximum Gasteiger partial charge on any atom is 0.0635 e. The van der Waals surface area contributed by atoms with Crippen molar-refractivity contribution in [1.29, 1.82) is 0 Å². The molecule has 4 heterocycles. The number of hydrogen-bond donors (Lipinski definition) is 0. The Labute approximate surface area is 253 Å². The molecule has 0 saturated heterocycles. The second kappa shape index (κ2) is 7.61. The van der Waals surface area contributed by atoms with E-state index in [-0.39, 0.29) is 10.8 Å². The highest BCUT2D eigenvalue weighted by molar-refractivity contribution is 6.42. The summed E-state index contributed by atoms with van der Waals surface area (Å²) in [7, 11) is 0. The number of para-hydroxylation sites is 2. The van der Waals surface area contributed by atoms with Crippen molar-refractivity contribution < 1.29 is 0 Å². The van der Waals surface area contributed by atoms with Crippen molar-refractivity contribution in [3.63, 3.8) is 0 Å². The summed E-state index contributed by atoms with van der Waals surface area (Å²) < 4.78 is 4.98. The molecule has 0 saturated carbocycles. The topological polar surface area (TPSA) is 8.82 Å².